The molecule has 0 saturated carbocycles. The number of methoxy groups -OCH3 is 4. The molecule has 0 aliphatic carbocycles. The van der Waals surface area contributed by atoms with Gasteiger partial charge in [-0.15, -0.1) is 0 Å². The summed E-state index contributed by atoms with van der Waals surface area (Å²) in [6.07, 6.45) is 2.28. The van der Waals surface area contributed by atoms with E-state index in [2.05, 4.69) is 18.9 Å². The molecule has 0 aromatic rings. The van der Waals surface area contributed by atoms with Gasteiger partial charge in [0.05, 0.1) is 0 Å². The largest absolute Gasteiger partial charge is 0.427 e. The third-order valence-corrected chi connectivity index (χ3v) is 4.00. The summed E-state index contributed by atoms with van der Waals surface area (Å²) in [4.78, 5) is 0. The fraction of sp³-hybridized carbons (Fsp3) is 1.00. The Morgan fingerprint density at radius 2 is 0.724 bits per heavy atom. The van der Waals surface area contributed by atoms with Crippen LogP contribution in [0.3, 0.4) is 0 Å². The molecule has 0 aliphatic rings. The molecule has 0 bridgehead atoms. The van der Waals surface area contributed by atoms with Gasteiger partial charge in [0.1, 0.15) is 0 Å². The summed E-state index contributed by atoms with van der Waals surface area (Å²) in [6.45, 7) is 1.63. The van der Waals surface area contributed by atoms with Gasteiger partial charge in [-0.3, -0.25) is 0 Å². The van der Waals surface area contributed by atoms with Crippen molar-refractivity contribution in [3.63, 3.8) is 0 Å². The quantitative estimate of drug-likeness (QED) is 0.268. The van der Waals surface area contributed by atoms with Crippen LogP contribution in [0.4, 0.5) is 0 Å². The Morgan fingerprint density at radius 3 is 0.828 bits per heavy atom. The summed E-state index contributed by atoms with van der Waals surface area (Å²) < 4.78 is 26.9. The van der Waals surface area contributed by atoms with E-state index in [1.807, 2.05) is 0 Å². The van der Waals surface area contributed by atoms with E-state index in [0.29, 0.717) is 0 Å². The zero-order valence-corrected chi connectivity index (χ0v) is 25.3. The Hall–Kier alpha value is 0.814. The summed E-state index contributed by atoms with van der Waals surface area (Å²) in [6, 6.07) is 2.46. The van der Waals surface area contributed by atoms with Crippen molar-refractivity contribution < 1.29 is 55.3 Å². The van der Waals surface area contributed by atoms with Crippen molar-refractivity contribution >= 4 is 19.5 Å². The summed E-state index contributed by atoms with van der Waals surface area (Å²) >= 11 is 0. The third kappa shape index (κ3) is 267. The van der Waals surface area contributed by atoms with Crippen LogP contribution >= 0.6 is 0 Å². The maximum Gasteiger partial charge on any atom is 0.161 e. The van der Waals surface area contributed by atoms with Gasteiger partial charge in [0.2, 0.25) is 0 Å². The molecule has 0 fully saturated rings. The molecule has 0 rings (SSSR count). The van der Waals surface area contributed by atoms with E-state index in [1.54, 1.807) is 71.1 Å². The van der Waals surface area contributed by atoms with Gasteiger partial charge in [-0.1, -0.05) is 0 Å². The SMILES string of the molecule is CO.COC.COC.COC.COC.CO[SiH2]CCCN.CO[SiH2]CCCN.[Ag]. The third-order valence-electron chi connectivity index (χ3n) is 1.61. The average molecular weight is 563 g/mol. The number of aliphatic hydroxyl groups is 1. The van der Waals surface area contributed by atoms with Gasteiger partial charge in [0, 0.05) is 101 Å². The van der Waals surface area contributed by atoms with Crippen molar-refractivity contribution in [2.45, 2.75) is 24.9 Å². The second-order valence-corrected chi connectivity index (χ2v) is 8.00. The molecule has 0 spiro atoms. The standard InChI is InChI=1S/2C4H13NOSi.4C2H6O.CH4O.Ag/c2*1-6-7-4-2-3-5;4*1-3-2;1-2;/h2*2-5,7H2,1H3;4*1-2H3;2H,1H3;. The van der Waals surface area contributed by atoms with Crippen LogP contribution in [0.25, 0.3) is 0 Å². The maximum absolute atomic E-state index is 7.00. The number of hydrogen-bond donors (Lipinski definition) is 3. The Bertz CT molecular complexity index is 128. The Kier molecular flexibility index (Phi) is 182. The van der Waals surface area contributed by atoms with E-state index < -0.39 is 0 Å². The van der Waals surface area contributed by atoms with Crippen LogP contribution in [-0.4, -0.2) is 116 Å². The van der Waals surface area contributed by atoms with E-state index in [1.165, 1.54) is 12.1 Å². The van der Waals surface area contributed by atoms with Crippen molar-refractivity contribution in [1.29, 1.82) is 0 Å². The van der Waals surface area contributed by atoms with Crippen molar-refractivity contribution in [2.24, 2.45) is 11.5 Å². The molecule has 29 heavy (non-hydrogen) atoms. The number of ether oxygens (including phenoxy) is 4. The Balaban J connectivity index is -0.0000000312. The van der Waals surface area contributed by atoms with Gasteiger partial charge in [0.25, 0.3) is 0 Å². The fourth-order valence-corrected chi connectivity index (χ4v) is 2.34. The second kappa shape index (κ2) is 102. The number of hydrogen-bond acceptors (Lipinski definition) is 9. The predicted molar refractivity (Wildman–Crippen MR) is 128 cm³/mol. The molecule has 0 amide bonds. The minimum Gasteiger partial charge on any atom is -0.427 e. The first-order valence-electron chi connectivity index (χ1n) is 8.92. The molecule has 0 atom stereocenters. The molecular weight excluding hydrogens is 508 g/mol. The number of rotatable bonds is 8. The van der Waals surface area contributed by atoms with Gasteiger partial charge in [-0.2, -0.15) is 0 Å². The first kappa shape index (κ1) is 52.0. The minimum atomic E-state index is -0.169. The van der Waals surface area contributed by atoms with Gasteiger partial charge in [0.15, 0.2) is 19.5 Å². The molecule has 0 aromatic carbocycles. The Morgan fingerprint density at radius 1 is 0.552 bits per heavy atom. The van der Waals surface area contributed by atoms with Crippen molar-refractivity contribution in [1.82, 2.24) is 0 Å². The van der Waals surface area contributed by atoms with Gasteiger partial charge in [-0.25, -0.2) is 0 Å². The van der Waals surface area contributed by atoms with Crippen LogP contribution in [0.5, 0.6) is 0 Å². The van der Waals surface area contributed by atoms with E-state index in [9.17, 15) is 0 Å². The van der Waals surface area contributed by atoms with Crippen molar-refractivity contribution in [2.75, 3.05) is 91.3 Å². The maximum atomic E-state index is 7.00. The molecular formula is C17H54AgN2O7Si2. The molecule has 0 unspecified atom stereocenters. The first-order chi connectivity index (χ1) is 13.5. The van der Waals surface area contributed by atoms with Crippen LogP contribution < -0.4 is 11.5 Å². The minimum absolute atomic E-state index is 0. The molecule has 0 aliphatic heterocycles. The monoisotopic (exact) mass is 561 g/mol. The molecule has 193 valence electrons. The van der Waals surface area contributed by atoms with Crippen LogP contribution in [0.2, 0.25) is 12.1 Å². The van der Waals surface area contributed by atoms with Crippen LogP contribution in [0.15, 0.2) is 0 Å². The zero-order valence-electron chi connectivity index (χ0n) is 21.0. The van der Waals surface area contributed by atoms with Crippen molar-refractivity contribution in [3.05, 3.63) is 0 Å². The van der Waals surface area contributed by atoms with E-state index in [4.69, 9.17) is 25.4 Å². The molecule has 9 nitrogen and oxygen atoms in total. The van der Waals surface area contributed by atoms with E-state index in [0.717, 1.165) is 33.0 Å². The molecule has 0 heterocycles. The van der Waals surface area contributed by atoms with Gasteiger partial charge < -0.3 is 44.4 Å². The predicted octanol–water partition coefficient (Wildman–Crippen LogP) is -0.376. The molecule has 12 heteroatoms. The fourth-order valence-electron chi connectivity index (χ4n) is 0.781. The molecule has 5 N–H and O–H groups in total. The molecule has 0 aromatic heterocycles. The van der Waals surface area contributed by atoms with Gasteiger partial charge in [-0.05, 0) is 38.0 Å². The van der Waals surface area contributed by atoms with E-state index in [-0.39, 0.29) is 41.9 Å². The summed E-state index contributed by atoms with van der Waals surface area (Å²) in [5.41, 5.74) is 10.5. The van der Waals surface area contributed by atoms with Crippen molar-refractivity contribution in [3.8, 4) is 0 Å². The summed E-state index contributed by atoms with van der Waals surface area (Å²) in [5.74, 6) is 0. The number of aliphatic hydroxyl groups excluding tert-OH is 1. The Labute approximate surface area is 202 Å². The molecule has 1 radical (unpaired) electrons. The summed E-state index contributed by atoms with van der Waals surface area (Å²) in [5, 5.41) is 7.00. The molecule has 0 saturated heterocycles. The average Bonchev–Trinajstić information content (AvgIpc) is 2.67. The van der Waals surface area contributed by atoms with E-state index >= 15 is 0 Å². The zero-order chi connectivity index (χ0) is 23.9. The summed E-state index contributed by atoms with van der Waals surface area (Å²) in [7, 11) is 17.2. The normalized spacial score (nSPS) is 8.07. The smallest absolute Gasteiger partial charge is 0.161 e. The van der Waals surface area contributed by atoms with Crippen LogP contribution in [-0.2, 0) is 50.2 Å². The second-order valence-electron chi connectivity index (χ2n) is 4.61. The number of nitrogens with two attached hydrogens (primary N) is 2. The van der Waals surface area contributed by atoms with Crippen LogP contribution in [0, 0.1) is 0 Å². The van der Waals surface area contributed by atoms with Gasteiger partial charge >= 0.3 is 0 Å². The topological polar surface area (TPSA) is 128 Å². The first-order valence-corrected chi connectivity index (χ1v) is 12.1. The van der Waals surface area contributed by atoms with Crippen LogP contribution in [0.1, 0.15) is 12.8 Å².